The topological polar surface area (TPSA) is 110 Å². The molecule has 2 aromatic rings. The molecule has 2 aromatic carbocycles. The van der Waals surface area contributed by atoms with Crippen molar-refractivity contribution in [3.8, 4) is 0 Å². The van der Waals surface area contributed by atoms with E-state index < -0.39 is 23.8 Å². The van der Waals surface area contributed by atoms with Crippen LogP contribution >= 0.6 is 0 Å². The van der Waals surface area contributed by atoms with Crippen LogP contribution < -0.4 is 11.1 Å². The smallest absolute Gasteiger partial charge is 0.262 e. The SMILES string of the molecule is CC(C)C(C(=O)Nc1cccc(C(=O)CN)c1)N1C(=O)c2ccccc2C1=O. The molecule has 0 bridgehead atoms. The van der Waals surface area contributed by atoms with Crippen LogP contribution in [-0.2, 0) is 4.79 Å². The molecule has 0 saturated heterocycles. The van der Waals surface area contributed by atoms with Crippen LogP contribution in [0, 0.1) is 5.92 Å². The summed E-state index contributed by atoms with van der Waals surface area (Å²) < 4.78 is 0. The highest BCUT2D eigenvalue weighted by atomic mass is 16.2. The van der Waals surface area contributed by atoms with Crippen LogP contribution in [0.15, 0.2) is 48.5 Å². The molecule has 0 radical (unpaired) electrons. The van der Waals surface area contributed by atoms with Crippen molar-refractivity contribution in [3.63, 3.8) is 0 Å². The molecule has 1 heterocycles. The van der Waals surface area contributed by atoms with Crippen molar-refractivity contribution in [2.45, 2.75) is 19.9 Å². The fourth-order valence-corrected chi connectivity index (χ4v) is 3.28. The van der Waals surface area contributed by atoms with E-state index in [-0.39, 0.29) is 18.2 Å². The molecule has 7 nitrogen and oxygen atoms in total. The van der Waals surface area contributed by atoms with Crippen LogP contribution in [0.25, 0.3) is 0 Å². The van der Waals surface area contributed by atoms with Gasteiger partial charge in [-0.2, -0.15) is 0 Å². The van der Waals surface area contributed by atoms with Crippen molar-refractivity contribution in [1.82, 2.24) is 4.90 Å². The van der Waals surface area contributed by atoms with Crippen molar-refractivity contribution < 1.29 is 19.2 Å². The van der Waals surface area contributed by atoms with Gasteiger partial charge in [0, 0.05) is 11.3 Å². The molecule has 0 saturated carbocycles. The molecule has 1 unspecified atom stereocenters. The number of amides is 3. The lowest BCUT2D eigenvalue weighted by atomic mass is 10.0. The zero-order chi connectivity index (χ0) is 20.4. The van der Waals surface area contributed by atoms with Gasteiger partial charge in [0.25, 0.3) is 11.8 Å². The normalized spacial score (nSPS) is 14.2. The van der Waals surface area contributed by atoms with Gasteiger partial charge >= 0.3 is 0 Å². The summed E-state index contributed by atoms with van der Waals surface area (Å²) in [5.74, 6) is -2.03. The Bertz CT molecular complexity index is 933. The molecule has 0 aliphatic carbocycles. The number of anilines is 1. The third-order valence-electron chi connectivity index (χ3n) is 4.64. The van der Waals surface area contributed by atoms with Gasteiger partial charge in [-0.25, -0.2) is 0 Å². The minimum Gasteiger partial charge on any atom is -0.324 e. The lowest BCUT2D eigenvalue weighted by Gasteiger charge is -2.28. The standard InChI is InChI=1S/C21H21N3O4/c1-12(2)18(24-20(27)15-8-3-4-9-16(15)21(24)28)19(26)23-14-7-5-6-13(10-14)17(25)11-22/h3-10,12,18H,11,22H2,1-2H3,(H,23,26). The first-order valence-corrected chi connectivity index (χ1v) is 8.96. The summed E-state index contributed by atoms with van der Waals surface area (Å²) in [4.78, 5) is 51.3. The molecule has 0 spiro atoms. The average molecular weight is 379 g/mol. The van der Waals surface area contributed by atoms with Gasteiger partial charge in [-0.05, 0) is 30.2 Å². The summed E-state index contributed by atoms with van der Waals surface area (Å²) in [5.41, 5.74) is 6.74. The predicted octanol–water partition coefficient (Wildman–Crippen LogP) is 2.09. The zero-order valence-electron chi connectivity index (χ0n) is 15.6. The van der Waals surface area contributed by atoms with Crippen LogP contribution in [-0.4, -0.2) is 41.0 Å². The minimum atomic E-state index is -0.985. The monoisotopic (exact) mass is 379 g/mol. The van der Waals surface area contributed by atoms with Gasteiger partial charge in [0.2, 0.25) is 5.91 Å². The van der Waals surface area contributed by atoms with E-state index in [0.717, 1.165) is 4.90 Å². The molecule has 144 valence electrons. The van der Waals surface area contributed by atoms with Gasteiger partial charge in [0.15, 0.2) is 5.78 Å². The molecule has 0 aromatic heterocycles. The van der Waals surface area contributed by atoms with E-state index in [9.17, 15) is 19.2 Å². The number of ketones is 1. The highest BCUT2D eigenvalue weighted by Crippen LogP contribution is 2.27. The van der Waals surface area contributed by atoms with Gasteiger partial charge in [-0.15, -0.1) is 0 Å². The summed E-state index contributed by atoms with van der Waals surface area (Å²) in [5, 5.41) is 2.71. The lowest BCUT2D eigenvalue weighted by Crippen LogP contribution is -2.50. The van der Waals surface area contributed by atoms with Gasteiger partial charge in [-0.3, -0.25) is 24.1 Å². The van der Waals surface area contributed by atoms with E-state index in [1.54, 1.807) is 56.3 Å². The highest BCUT2D eigenvalue weighted by Gasteiger charge is 2.43. The molecule has 28 heavy (non-hydrogen) atoms. The molecule has 1 aliphatic heterocycles. The number of carbonyl (C=O) groups is 4. The summed E-state index contributed by atoms with van der Waals surface area (Å²) in [6, 6.07) is 11.9. The number of fused-ring (bicyclic) bond motifs is 1. The lowest BCUT2D eigenvalue weighted by molar-refractivity contribution is -0.121. The number of rotatable bonds is 6. The largest absolute Gasteiger partial charge is 0.324 e. The third kappa shape index (κ3) is 3.44. The number of imide groups is 1. The quantitative estimate of drug-likeness (QED) is 0.590. The van der Waals surface area contributed by atoms with E-state index in [0.29, 0.717) is 22.4 Å². The van der Waals surface area contributed by atoms with Crippen LogP contribution in [0.1, 0.15) is 44.9 Å². The van der Waals surface area contributed by atoms with Gasteiger partial charge in [0.05, 0.1) is 17.7 Å². The number of nitrogens with zero attached hydrogens (tertiary/aromatic N) is 1. The van der Waals surface area contributed by atoms with Crippen LogP contribution in [0.2, 0.25) is 0 Å². The Balaban J connectivity index is 1.88. The second kappa shape index (κ2) is 7.74. The molecule has 3 rings (SSSR count). The number of carbonyl (C=O) groups excluding carboxylic acids is 4. The summed E-state index contributed by atoms with van der Waals surface area (Å²) in [6.45, 7) is 3.39. The Morgan fingerprint density at radius 3 is 2.14 bits per heavy atom. The van der Waals surface area contributed by atoms with Crippen LogP contribution in [0.3, 0.4) is 0 Å². The van der Waals surface area contributed by atoms with E-state index in [1.807, 2.05) is 0 Å². The summed E-state index contributed by atoms with van der Waals surface area (Å²) in [7, 11) is 0. The fraction of sp³-hybridized carbons (Fsp3) is 0.238. The van der Waals surface area contributed by atoms with Crippen molar-refractivity contribution >= 4 is 29.2 Å². The average Bonchev–Trinajstić information content (AvgIpc) is 2.93. The first-order valence-electron chi connectivity index (χ1n) is 8.96. The van der Waals surface area contributed by atoms with Gasteiger partial charge < -0.3 is 11.1 Å². The van der Waals surface area contributed by atoms with Gasteiger partial charge in [0.1, 0.15) is 6.04 Å². The summed E-state index contributed by atoms with van der Waals surface area (Å²) in [6.07, 6.45) is 0. The van der Waals surface area contributed by atoms with Crippen molar-refractivity contribution in [2.75, 3.05) is 11.9 Å². The number of benzene rings is 2. The molecule has 0 fully saturated rings. The number of nitrogens with two attached hydrogens (primary N) is 1. The fourth-order valence-electron chi connectivity index (χ4n) is 3.28. The van der Waals surface area contributed by atoms with Crippen molar-refractivity contribution in [2.24, 2.45) is 11.7 Å². The Hall–Kier alpha value is -3.32. The predicted molar refractivity (Wildman–Crippen MR) is 104 cm³/mol. The van der Waals surface area contributed by atoms with Gasteiger partial charge in [-0.1, -0.05) is 38.1 Å². The number of Topliss-reactive ketones (excluding diaryl/α,β-unsaturated/α-hetero) is 1. The Morgan fingerprint density at radius 1 is 1.00 bits per heavy atom. The van der Waals surface area contributed by atoms with Crippen molar-refractivity contribution in [3.05, 3.63) is 65.2 Å². The molecule has 3 amide bonds. The van der Waals surface area contributed by atoms with E-state index >= 15 is 0 Å². The van der Waals surface area contributed by atoms with Crippen molar-refractivity contribution in [1.29, 1.82) is 0 Å². The van der Waals surface area contributed by atoms with E-state index in [2.05, 4.69) is 5.32 Å². The number of nitrogens with one attached hydrogen (secondary N) is 1. The number of hydrogen-bond acceptors (Lipinski definition) is 5. The Labute approximate surface area is 162 Å². The maximum absolute atomic E-state index is 13.0. The second-order valence-electron chi connectivity index (χ2n) is 6.91. The minimum absolute atomic E-state index is 0.138. The first kappa shape index (κ1) is 19.4. The highest BCUT2D eigenvalue weighted by molar-refractivity contribution is 6.23. The Morgan fingerprint density at radius 2 is 1.61 bits per heavy atom. The first-order chi connectivity index (χ1) is 13.3. The second-order valence-corrected chi connectivity index (χ2v) is 6.91. The molecule has 3 N–H and O–H groups in total. The van der Waals surface area contributed by atoms with E-state index in [1.165, 1.54) is 6.07 Å². The van der Waals surface area contributed by atoms with Crippen LogP contribution in [0.5, 0.6) is 0 Å². The zero-order valence-corrected chi connectivity index (χ0v) is 15.6. The summed E-state index contributed by atoms with van der Waals surface area (Å²) >= 11 is 0. The van der Waals surface area contributed by atoms with Crippen LogP contribution in [0.4, 0.5) is 5.69 Å². The third-order valence-corrected chi connectivity index (χ3v) is 4.64. The van der Waals surface area contributed by atoms with E-state index in [4.69, 9.17) is 5.73 Å². The molecule has 1 atom stereocenters. The molecular formula is C21H21N3O4. The maximum atomic E-state index is 13.0. The molecule has 1 aliphatic rings. The molecule has 7 heteroatoms. The molecular weight excluding hydrogens is 358 g/mol. The number of hydrogen-bond donors (Lipinski definition) is 2. The maximum Gasteiger partial charge on any atom is 0.262 e. The Kier molecular flexibility index (Phi) is 5.37.